The minimum absolute atomic E-state index is 0.0835. The minimum atomic E-state index is -0.702. The van der Waals surface area contributed by atoms with Gasteiger partial charge in [-0.05, 0) is 18.9 Å². The molecular formula is C15H22N2O3. The zero-order chi connectivity index (χ0) is 14.6. The summed E-state index contributed by atoms with van der Waals surface area (Å²) in [4.78, 5) is 12.2. The third-order valence-corrected chi connectivity index (χ3v) is 3.87. The molecule has 0 heterocycles. The molecule has 1 aromatic rings. The number of carbonyl (C=O) groups is 1. The minimum Gasteiger partial charge on any atom is -0.493 e. The molecule has 0 saturated heterocycles. The maximum absolute atomic E-state index is 12.2. The molecule has 1 aliphatic rings. The van der Waals surface area contributed by atoms with E-state index in [4.69, 9.17) is 15.2 Å². The van der Waals surface area contributed by atoms with Gasteiger partial charge in [0.1, 0.15) is 0 Å². The van der Waals surface area contributed by atoms with E-state index in [1.54, 1.807) is 14.2 Å². The van der Waals surface area contributed by atoms with Crippen molar-refractivity contribution in [1.82, 2.24) is 5.32 Å². The summed E-state index contributed by atoms with van der Waals surface area (Å²) in [5.41, 5.74) is 6.30. The van der Waals surface area contributed by atoms with E-state index >= 15 is 0 Å². The smallest absolute Gasteiger partial charge is 0.240 e. The van der Waals surface area contributed by atoms with Gasteiger partial charge < -0.3 is 20.5 Å². The lowest BCUT2D eigenvalue weighted by Gasteiger charge is -2.22. The summed E-state index contributed by atoms with van der Waals surface area (Å²) in [6.45, 7) is 0.387. The molecule has 1 saturated carbocycles. The Morgan fingerprint density at radius 2 is 2.00 bits per heavy atom. The number of methoxy groups -OCH3 is 2. The van der Waals surface area contributed by atoms with Crippen LogP contribution in [0.5, 0.6) is 11.5 Å². The van der Waals surface area contributed by atoms with Gasteiger partial charge in [0, 0.05) is 12.1 Å². The van der Waals surface area contributed by atoms with E-state index in [1.807, 2.05) is 18.2 Å². The highest BCUT2D eigenvalue weighted by molar-refractivity contribution is 5.86. The van der Waals surface area contributed by atoms with Gasteiger partial charge >= 0.3 is 0 Å². The molecule has 1 amide bonds. The first-order valence-corrected chi connectivity index (χ1v) is 6.88. The van der Waals surface area contributed by atoms with Gasteiger partial charge in [-0.15, -0.1) is 0 Å². The quantitative estimate of drug-likeness (QED) is 0.858. The number of ether oxygens (including phenoxy) is 2. The Morgan fingerprint density at radius 3 is 2.60 bits per heavy atom. The predicted molar refractivity (Wildman–Crippen MR) is 76.8 cm³/mol. The molecule has 1 aromatic carbocycles. The second-order valence-electron chi connectivity index (χ2n) is 5.20. The van der Waals surface area contributed by atoms with E-state index in [-0.39, 0.29) is 5.91 Å². The van der Waals surface area contributed by atoms with Crippen molar-refractivity contribution in [3.8, 4) is 11.5 Å². The molecule has 0 aromatic heterocycles. The molecular weight excluding hydrogens is 256 g/mol. The second-order valence-corrected chi connectivity index (χ2v) is 5.20. The van der Waals surface area contributed by atoms with Gasteiger partial charge in [-0.2, -0.15) is 0 Å². The summed E-state index contributed by atoms with van der Waals surface area (Å²) in [6, 6.07) is 5.60. The van der Waals surface area contributed by atoms with E-state index in [2.05, 4.69) is 5.32 Å². The molecule has 1 aliphatic carbocycles. The van der Waals surface area contributed by atoms with Crippen LogP contribution in [-0.4, -0.2) is 25.7 Å². The third-order valence-electron chi connectivity index (χ3n) is 3.87. The average molecular weight is 278 g/mol. The van der Waals surface area contributed by atoms with Crippen LogP contribution in [-0.2, 0) is 11.3 Å². The van der Waals surface area contributed by atoms with Crippen LogP contribution >= 0.6 is 0 Å². The van der Waals surface area contributed by atoms with Crippen LogP contribution in [0, 0.1) is 0 Å². The number of rotatable bonds is 5. The van der Waals surface area contributed by atoms with Crippen molar-refractivity contribution in [2.24, 2.45) is 5.73 Å². The number of carbonyl (C=O) groups excluding carboxylic acids is 1. The normalized spacial score (nSPS) is 16.8. The molecule has 0 aliphatic heterocycles. The second kappa shape index (κ2) is 6.13. The van der Waals surface area contributed by atoms with Gasteiger partial charge in [0.15, 0.2) is 11.5 Å². The third kappa shape index (κ3) is 2.88. The lowest BCUT2D eigenvalue weighted by Crippen LogP contribution is -2.51. The molecule has 3 N–H and O–H groups in total. The van der Waals surface area contributed by atoms with Crippen LogP contribution < -0.4 is 20.5 Å². The molecule has 0 unspecified atom stereocenters. The first-order valence-electron chi connectivity index (χ1n) is 6.88. The van der Waals surface area contributed by atoms with Gasteiger partial charge in [-0.3, -0.25) is 4.79 Å². The van der Waals surface area contributed by atoms with Crippen LogP contribution in [0.3, 0.4) is 0 Å². The van der Waals surface area contributed by atoms with Crippen LogP contribution in [0.4, 0.5) is 0 Å². The number of amides is 1. The number of para-hydroxylation sites is 1. The molecule has 1 fully saturated rings. The van der Waals surface area contributed by atoms with Crippen molar-refractivity contribution >= 4 is 5.91 Å². The Labute approximate surface area is 119 Å². The molecule has 2 rings (SSSR count). The maximum atomic E-state index is 12.2. The van der Waals surface area contributed by atoms with Crippen LogP contribution in [0.25, 0.3) is 0 Å². The largest absolute Gasteiger partial charge is 0.493 e. The number of nitrogens with two attached hydrogens (primary N) is 1. The molecule has 20 heavy (non-hydrogen) atoms. The van der Waals surface area contributed by atoms with Crippen molar-refractivity contribution in [3.63, 3.8) is 0 Å². The van der Waals surface area contributed by atoms with Crippen molar-refractivity contribution in [2.45, 2.75) is 37.8 Å². The van der Waals surface area contributed by atoms with Gasteiger partial charge in [-0.1, -0.05) is 25.0 Å². The Kier molecular flexibility index (Phi) is 4.49. The summed E-state index contributed by atoms with van der Waals surface area (Å²) < 4.78 is 10.6. The number of hydrogen-bond acceptors (Lipinski definition) is 4. The van der Waals surface area contributed by atoms with Gasteiger partial charge in [0.25, 0.3) is 0 Å². The molecule has 5 heteroatoms. The van der Waals surface area contributed by atoms with Crippen molar-refractivity contribution in [3.05, 3.63) is 23.8 Å². The Hall–Kier alpha value is -1.75. The zero-order valence-electron chi connectivity index (χ0n) is 12.1. The number of nitrogens with one attached hydrogen (secondary N) is 1. The monoisotopic (exact) mass is 278 g/mol. The van der Waals surface area contributed by atoms with Gasteiger partial charge in [0.2, 0.25) is 5.91 Å². The molecule has 0 radical (unpaired) electrons. The fraction of sp³-hybridized carbons (Fsp3) is 0.533. The number of hydrogen-bond donors (Lipinski definition) is 2. The topological polar surface area (TPSA) is 73.6 Å². The lowest BCUT2D eigenvalue weighted by atomic mass is 9.98. The number of benzene rings is 1. The van der Waals surface area contributed by atoms with Gasteiger partial charge in [-0.25, -0.2) is 0 Å². The Morgan fingerprint density at radius 1 is 1.30 bits per heavy atom. The summed E-state index contributed by atoms with van der Waals surface area (Å²) in [7, 11) is 3.18. The Bertz CT molecular complexity index is 482. The van der Waals surface area contributed by atoms with E-state index in [0.29, 0.717) is 18.0 Å². The SMILES string of the molecule is COc1cccc(CNC(=O)C2(N)CCCC2)c1OC. The highest BCUT2D eigenvalue weighted by atomic mass is 16.5. The van der Waals surface area contributed by atoms with Crippen LogP contribution in [0.15, 0.2) is 18.2 Å². The standard InChI is InChI=1S/C15H22N2O3/c1-19-12-7-5-6-11(13(12)20-2)10-17-14(18)15(16)8-3-4-9-15/h5-7H,3-4,8-10,16H2,1-2H3,(H,17,18). The first kappa shape index (κ1) is 14.7. The molecule has 110 valence electrons. The van der Waals surface area contributed by atoms with E-state index < -0.39 is 5.54 Å². The van der Waals surface area contributed by atoms with Crippen LogP contribution in [0.1, 0.15) is 31.2 Å². The molecule has 0 atom stereocenters. The Balaban J connectivity index is 2.05. The first-order chi connectivity index (χ1) is 9.60. The fourth-order valence-corrected chi connectivity index (χ4v) is 2.68. The molecule has 0 spiro atoms. The van der Waals surface area contributed by atoms with Crippen molar-refractivity contribution < 1.29 is 14.3 Å². The highest BCUT2D eigenvalue weighted by Gasteiger charge is 2.36. The van der Waals surface area contributed by atoms with E-state index in [1.165, 1.54) is 0 Å². The van der Waals surface area contributed by atoms with Crippen LogP contribution in [0.2, 0.25) is 0 Å². The summed E-state index contributed by atoms with van der Waals surface area (Å²) in [6.07, 6.45) is 3.56. The predicted octanol–water partition coefficient (Wildman–Crippen LogP) is 1.59. The summed E-state index contributed by atoms with van der Waals surface area (Å²) in [5.74, 6) is 1.22. The summed E-state index contributed by atoms with van der Waals surface area (Å²) >= 11 is 0. The lowest BCUT2D eigenvalue weighted by molar-refractivity contribution is -0.126. The zero-order valence-corrected chi connectivity index (χ0v) is 12.1. The molecule has 0 bridgehead atoms. The average Bonchev–Trinajstić information content (AvgIpc) is 2.92. The van der Waals surface area contributed by atoms with E-state index in [9.17, 15) is 4.79 Å². The van der Waals surface area contributed by atoms with Crippen molar-refractivity contribution in [2.75, 3.05) is 14.2 Å². The highest BCUT2D eigenvalue weighted by Crippen LogP contribution is 2.31. The molecule has 5 nitrogen and oxygen atoms in total. The van der Waals surface area contributed by atoms with E-state index in [0.717, 1.165) is 31.2 Å². The van der Waals surface area contributed by atoms with Crippen molar-refractivity contribution in [1.29, 1.82) is 0 Å². The maximum Gasteiger partial charge on any atom is 0.240 e. The summed E-state index contributed by atoms with van der Waals surface area (Å²) in [5, 5.41) is 2.91. The fourth-order valence-electron chi connectivity index (χ4n) is 2.68. The van der Waals surface area contributed by atoms with Gasteiger partial charge in [0.05, 0.1) is 19.8 Å².